The summed E-state index contributed by atoms with van der Waals surface area (Å²) in [4.78, 5) is 12.8. The molecule has 0 spiro atoms. The van der Waals surface area contributed by atoms with Gasteiger partial charge in [-0.05, 0) is 30.8 Å². The van der Waals surface area contributed by atoms with Crippen LogP contribution in [0.25, 0.3) is 16.9 Å². The number of amides is 1. The van der Waals surface area contributed by atoms with E-state index in [2.05, 4.69) is 28.2 Å². The van der Waals surface area contributed by atoms with Crippen molar-refractivity contribution in [1.29, 1.82) is 0 Å². The third kappa shape index (κ3) is 5.65. The van der Waals surface area contributed by atoms with Gasteiger partial charge in [0.15, 0.2) is 5.11 Å². The number of carbonyl (C=O) groups is 1. The van der Waals surface area contributed by atoms with Crippen LogP contribution < -0.4 is 16.2 Å². The number of aromatic nitrogens is 2. The van der Waals surface area contributed by atoms with Gasteiger partial charge in [0.2, 0.25) is 0 Å². The van der Waals surface area contributed by atoms with Crippen LogP contribution in [0.2, 0.25) is 0 Å². The standard InChI is InChI=1S/C22H25N5OS/c1-2-3-10-15-23-22(29)25-24-21(28)19-16-27(18-13-8-5-9-14-18)26-20(19)17-11-6-4-7-12-17/h4-9,11-14,16H,2-3,10,15H2,1H3,(H,24,28)(H2,23,25,29). The van der Waals surface area contributed by atoms with E-state index < -0.39 is 0 Å². The summed E-state index contributed by atoms with van der Waals surface area (Å²) in [5, 5.41) is 8.13. The molecule has 29 heavy (non-hydrogen) atoms. The van der Waals surface area contributed by atoms with Crippen molar-refractivity contribution in [2.24, 2.45) is 0 Å². The van der Waals surface area contributed by atoms with E-state index >= 15 is 0 Å². The largest absolute Gasteiger partial charge is 0.361 e. The van der Waals surface area contributed by atoms with E-state index in [4.69, 9.17) is 12.2 Å². The van der Waals surface area contributed by atoms with E-state index in [1.54, 1.807) is 10.9 Å². The number of nitrogens with zero attached hydrogens (tertiary/aromatic N) is 2. The second-order valence-corrected chi connectivity index (χ2v) is 6.99. The quantitative estimate of drug-likeness (QED) is 0.315. The van der Waals surface area contributed by atoms with Crippen molar-refractivity contribution >= 4 is 23.2 Å². The molecule has 1 aromatic heterocycles. The Morgan fingerprint density at radius 2 is 1.69 bits per heavy atom. The molecule has 1 amide bonds. The summed E-state index contributed by atoms with van der Waals surface area (Å²) in [5.41, 5.74) is 8.25. The number of hydrogen-bond acceptors (Lipinski definition) is 3. The molecule has 3 aromatic rings. The molecule has 1 heterocycles. The van der Waals surface area contributed by atoms with Crippen molar-refractivity contribution in [3.05, 3.63) is 72.4 Å². The van der Waals surface area contributed by atoms with Crippen molar-refractivity contribution in [1.82, 2.24) is 25.9 Å². The van der Waals surface area contributed by atoms with E-state index in [1.807, 2.05) is 60.7 Å². The Kier molecular flexibility index (Phi) is 7.35. The van der Waals surface area contributed by atoms with Crippen molar-refractivity contribution in [2.75, 3.05) is 6.54 Å². The zero-order valence-corrected chi connectivity index (χ0v) is 17.2. The first-order valence-corrected chi connectivity index (χ1v) is 10.1. The molecule has 0 atom stereocenters. The minimum Gasteiger partial charge on any atom is -0.361 e. The molecule has 6 nitrogen and oxygen atoms in total. The second kappa shape index (κ2) is 10.4. The number of hydrogen-bond donors (Lipinski definition) is 3. The first-order chi connectivity index (χ1) is 14.2. The average Bonchev–Trinajstić information content (AvgIpc) is 3.22. The van der Waals surface area contributed by atoms with E-state index in [0.717, 1.165) is 37.1 Å². The average molecular weight is 408 g/mol. The molecule has 0 aliphatic heterocycles. The van der Waals surface area contributed by atoms with Gasteiger partial charge in [0, 0.05) is 18.3 Å². The van der Waals surface area contributed by atoms with Crippen LogP contribution in [-0.2, 0) is 0 Å². The minimum atomic E-state index is -0.302. The highest BCUT2D eigenvalue weighted by Crippen LogP contribution is 2.23. The number of benzene rings is 2. The predicted molar refractivity (Wildman–Crippen MR) is 120 cm³/mol. The fourth-order valence-electron chi connectivity index (χ4n) is 2.86. The third-order valence-electron chi connectivity index (χ3n) is 4.38. The lowest BCUT2D eigenvalue weighted by atomic mass is 10.1. The summed E-state index contributed by atoms with van der Waals surface area (Å²) in [6.07, 6.45) is 5.05. The predicted octanol–water partition coefficient (Wildman–Crippen LogP) is 3.84. The van der Waals surface area contributed by atoms with Gasteiger partial charge in [0.25, 0.3) is 5.91 Å². The van der Waals surface area contributed by atoms with Crippen LogP contribution in [0.15, 0.2) is 66.9 Å². The van der Waals surface area contributed by atoms with Gasteiger partial charge in [-0.15, -0.1) is 0 Å². The molecule has 0 radical (unpaired) electrons. The van der Waals surface area contributed by atoms with Crippen LogP contribution >= 0.6 is 12.2 Å². The zero-order chi connectivity index (χ0) is 20.5. The molecule has 0 unspecified atom stereocenters. The molecule has 0 saturated carbocycles. The summed E-state index contributed by atoms with van der Waals surface area (Å²) < 4.78 is 1.71. The van der Waals surface area contributed by atoms with Crippen LogP contribution in [0.3, 0.4) is 0 Å². The van der Waals surface area contributed by atoms with E-state index in [0.29, 0.717) is 16.4 Å². The van der Waals surface area contributed by atoms with E-state index in [9.17, 15) is 4.79 Å². The van der Waals surface area contributed by atoms with Gasteiger partial charge < -0.3 is 5.32 Å². The van der Waals surface area contributed by atoms with Crippen LogP contribution in [0, 0.1) is 0 Å². The highest BCUT2D eigenvalue weighted by molar-refractivity contribution is 7.80. The molecule has 0 saturated heterocycles. The van der Waals surface area contributed by atoms with Gasteiger partial charge in [0.1, 0.15) is 5.69 Å². The molecule has 0 aliphatic carbocycles. The van der Waals surface area contributed by atoms with Crippen molar-refractivity contribution in [2.45, 2.75) is 26.2 Å². The topological polar surface area (TPSA) is 71.0 Å². The van der Waals surface area contributed by atoms with Crippen LogP contribution in [-0.4, -0.2) is 27.3 Å². The maximum Gasteiger partial charge on any atom is 0.273 e. The number of thiocarbonyl (C=S) groups is 1. The monoisotopic (exact) mass is 407 g/mol. The van der Waals surface area contributed by atoms with Gasteiger partial charge in [-0.2, -0.15) is 5.10 Å². The Labute approximate surface area is 176 Å². The number of carbonyl (C=O) groups excluding carboxylic acids is 1. The highest BCUT2D eigenvalue weighted by atomic mass is 32.1. The van der Waals surface area contributed by atoms with Crippen molar-refractivity contribution in [3.8, 4) is 16.9 Å². The molecule has 150 valence electrons. The Hall–Kier alpha value is -3.19. The number of para-hydroxylation sites is 1. The maximum atomic E-state index is 12.8. The van der Waals surface area contributed by atoms with Gasteiger partial charge in [-0.1, -0.05) is 68.3 Å². The number of rotatable bonds is 7. The zero-order valence-electron chi connectivity index (χ0n) is 16.4. The van der Waals surface area contributed by atoms with Crippen LogP contribution in [0.5, 0.6) is 0 Å². The summed E-state index contributed by atoms with van der Waals surface area (Å²) in [7, 11) is 0. The highest BCUT2D eigenvalue weighted by Gasteiger charge is 2.18. The lowest BCUT2D eigenvalue weighted by Gasteiger charge is -2.11. The second-order valence-electron chi connectivity index (χ2n) is 6.58. The Balaban J connectivity index is 1.75. The first kappa shape index (κ1) is 20.5. The molecule has 0 fully saturated rings. The molecule has 0 aliphatic rings. The summed E-state index contributed by atoms with van der Waals surface area (Å²) >= 11 is 5.22. The molecular weight excluding hydrogens is 382 g/mol. The molecule has 2 aromatic carbocycles. The molecule has 7 heteroatoms. The van der Waals surface area contributed by atoms with Crippen LogP contribution in [0.4, 0.5) is 0 Å². The first-order valence-electron chi connectivity index (χ1n) is 9.73. The fraction of sp³-hybridized carbons (Fsp3) is 0.227. The summed E-state index contributed by atoms with van der Waals surface area (Å²) in [6, 6.07) is 19.3. The Morgan fingerprint density at radius 3 is 2.38 bits per heavy atom. The van der Waals surface area contributed by atoms with E-state index in [-0.39, 0.29) is 5.91 Å². The summed E-state index contributed by atoms with van der Waals surface area (Å²) in [6.45, 7) is 2.92. The number of unbranched alkanes of at least 4 members (excludes halogenated alkanes) is 2. The SMILES string of the molecule is CCCCCNC(=S)NNC(=O)c1cn(-c2ccccc2)nc1-c1ccccc1. The van der Waals surface area contributed by atoms with Gasteiger partial charge in [0.05, 0.1) is 11.3 Å². The van der Waals surface area contributed by atoms with Gasteiger partial charge in [-0.3, -0.25) is 15.6 Å². The number of hydrazine groups is 1. The molecule has 0 bridgehead atoms. The Morgan fingerprint density at radius 1 is 1.00 bits per heavy atom. The molecular formula is C22H25N5OS. The maximum absolute atomic E-state index is 12.8. The molecule has 3 rings (SSSR count). The lowest BCUT2D eigenvalue weighted by Crippen LogP contribution is -2.47. The summed E-state index contributed by atoms with van der Waals surface area (Å²) in [5.74, 6) is -0.302. The smallest absolute Gasteiger partial charge is 0.273 e. The van der Waals surface area contributed by atoms with Crippen molar-refractivity contribution < 1.29 is 4.79 Å². The Bertz CT molecular complexity index is 940. The molecule has 3 N–H and O–H groups in total. The lowest BCUT2D eigenvalue weighted by molar-refractivity contribution is 0.0944. The third-order valence-corrected chi connectivity index (χ3v) is 4.63. The van der Waals surface area contributed by atoms with Gasteiger partial charge in [-0.25, -0.2) is 4.68 Å². The normalized spacial score (nSPS) is 10.4. The fourth-order valence-corrected chi connectivity index (χ4v) is 3.02. The van der Waals surface area contributed by atoms with Crippen LogP contribution in [0.1, 0.15) is 36.5 Å². The van der Waals surface area contributed by atoms with E-state index in [1.165, 1.54) is 0 Å². The van der Waals surface area contributed by atoms with Crippen molar-refractivity contribution in [3.63, 3.8) is 0 Å². The number of nitrogens with one attached hydrogen (secondary N) is 3. The van der Waals surface area contributed by atoms with Gasteiger partial charge >= 0.3 is 0 Å². The minimum absolute atomic E-state index is 0.302.